The van der Waals surface area contributed by atoms with E-state index < -0.39 is 5.91 Å². The van der Waals surface area contributed by atoms with Crippen LogP contribution in [0.2, 0.25) is 0 Å². The van der Waals surface area contributed by atoms with E-state index in [4.69, 9.17) is 0 Å². The van der Waals surface area contributed by atoms with Crippen LogP contribution in [0.5, 0.6) is 5.88 Å². The van der Waals surface area contributed by atoms with Crippen LogP contribution < -0.4 is 5.32 Å². The van der Waals surface area contributed by atoms with E-state index in [-0.39, 0.29) is 48.4 Å². The summed E-state index contributed by atoms with van der Waals surface area (Å²) in [7, 11) is 0. The van der Waals surface area contributed by atoms with Crippen LogP contribution >= 0.6 is 0 Å². The van der Waals surface area contributed by atoms with Crippen molar-refractivity contribution in [1.82, 2.24) is 4.98 Å². The monoisotopic (exact) mass is 403 g/mol. The zero-order valence-electron chi connectivity index (χ0n) is 15.8. The highest BCUT2D eigenvalue weighted by Crippen LogP contribution is 2.35. The Morgan fingerprint density at radius 2 is 1.77 bits per heavy atom. The first kappa shape index (κ1) is 19.2. The number of benzene rings is 2. The van der Waals surface area contributed by atoms with Gasteiger partial charge in [0.05, 0.1) is 17.7 Å². The van der Waals surface area contributed by atoms with Crippen LogP contribution in [0.25, 0.3) is 10.9 Å². The number of rotatable bonds is 6. The zero-order valence-corrected chi connectivity index (χ0v) is 15.8. The van der Waals surface area contributed by atoms with Gasteiger partial charge in [-0.1, -0.05) is 36.4 Å². The van der Waals surface area contributed by atoms with E-state index in [0.29, 0.717) is 22.2 Å². The van der Waals surface area contributed by atoms with Gasteiger partial charge < -0.3 is 15.4 Å². The second-order valence-electron chi connectivity index (χ2n) is 6.66. The molecule has 0 saturated carbocycles. The van der Waals surface area contributed by atoms with E-state index in [9.17, 15) is 19.5 Å². The lowest BCUT2D eigenvalue weighted by atomic mass is 10.1. The van der Waals surface area contributed by atoms with Crippen molar-refractivity contribution >= 4 is 45.6 Å². The second-order valence-corrected chi connectivity index (χ2v) is 6.66. The Labute approximate surface area is 170 Å². The van der Waals surface area contributed by atoms with Gasteiger partial charge in [-0.2, -0.15) is 0 Å². The molecule has 0 spiro atoms. The molecule has 4 rings (SSSR count). The molecule has 0 radical (unpaired) electrons. The molecule has 1 aliphatic rings. The van der Waals surface area contributed by atoms with Gasteiger partial charge in [0.15, 0.2) is 11.5 Å². The summed E-state index contributed by atoms with van der Waals surface area (Å²) in [4.78, 5) is 42.9. The minimum absolute atomic E-state index is 0.0717. The smallest absolute Gasteiger partial charge is 0.274 e. The molecule has 0 aliphatic carbocycles. The fourth-order valence-electron chi connectivity index (χ4n) is 3.12. The Balaban J connectivity index is 1.34. The van der Waals surface area contributed by atoms with Crippen LogP contribution in [-0.4, -0.2) is 39.9 Å². The number of aromatic nitrogens is 1. The minimum Gasteiger partial charge on any atom is -0.493 e. The van der Waals surface area contributed by atoms with E-state index in [1.165, 1.54) is 0 Å². The molecule has 2 amide bonds. The summed E-state index contributed by atoms with van der Waals surface area (Å²) in [5, 5.41) is 20.6. The van der Waals surface area contributed by atoms with Gasteiger partial charge in [0.25, 0.3) is 11.8 Å². The number of aromatic amines is 1. The number of H-pyrrole nitrogens is 1. The quantitative estimate of drug-likeness (QED) is 0.544. The Kier molecular flexibility index (Phi) is 5.17. The molecule has 0 fully saturated rings. The van der Waals surface area contributed by atoms with E-state index >= 15 is 0 Å². The van der Waals surface area contributed by atoms with Crippen LogP contribution in [0.4, 0.5) is 11.4 Å². The van der Waals surface area contributed by atoms with Crippen molar-refractivity contribution in [2.75, 3.05) is 11.9 Å². The largest absolute Gasteiger partial charge is 0.493 e. The molecule has 1 aromatic heterocycles. The first-order valence-electron chi connectivity index (χ1n) is 9.24. The van der Waals surface area contributed by atoms with E-state index in [2.05, 4.69) is 25.5 Å². The Hall–Kier alpha value is -4.14. The lowest BCUT2D eigenvalue weighted by Gasteiger charge is -1.98. The van der Waals surface area contributed by atoms with Crippen molar-refractivity contribution in [3.8, 4) is 5.88 Å². The zero-order chi connectivity index (χ0) is 21.1. The number of anilines is 1. The molecular weight excluding hydrogens is 386 g/mol. The van der Waals surface area contributed by atoms with Crippen molar-refractivity contribution in [1.29, 1.82) is 0 Å². The second kappa shape index (κ2) is 8.08. The number of nitrogens with zero attached hydrogens (tertiary/aromatic N) is 3. The summed E-state index contributed by atoms with van der Waals surface area (Å²) >= 11 is 0. The predicted molar refractivity (Wildman–Crippen MR) is 110 cm³/mol. The number of amides is 2. The highest BCUT2D eigenvalue weighted by Gasteiger charge is 2.25. The number of ketones is 1. The third-order valence-electron chi connectivity index (χ3n) is 4.60. The highest BCUT2D eigenvalue weighted by atomic mass is 16.3. The number of nitrogens with one attached hydrogen (secondary N) is 2. The third kappa shape index (κ3) is 3.86. The van der Waals surface area contributed by atoms with Gasteiger partial charge in [-0.15, -0.1) is 10.2 Å². The number of carbonyl (C=O) groups is 3. The number of aliphatic imine (C=N–C) groups is 1. The van der Waals surface area contributed by atoms with Crippen molar-refractivity contribution in [2.45, 2.75) is 12.8 Å². The molecule has 2 aromatic carbocycles. The van der Waals surface area contributed by atoms with Crippen molar-refractivity contribution in [3.63, 3.8) is 0 Å². The first-order valence-corrected chi connectivity index (χ1v) is 9.24. The van der Waals surface area contributed by atoms with Crippen molar-refractivity contribution in [2.24, 2.45) is 15.2 Å². The molecule has 1 aliphatic heterocycles. The van der Waals surface area contributed by atoms with Crippen LogP contribution in [0.15, 0.2) is 63.8 Å². The number of hydrogen-bond acceptors (Lipinski definition) is 6. The highest BCUT2D eigenvalue weighted by molar-refractivity contribution is 6.53. The van der Waals surface area contributed by atoms with Gasteiger partial charge in [-0.3, -0.25) is 19.4 Å². The van der Waals surface area contributed by atoms with Gasteiger partial charge in [0.2, 0.25) is 5.88 Å². The average molecular weight is 403 g/mol. The number of aromatic hydroxyl groups is 1. The number of fused-ring (bicyclic) bond motifs is 2. The molecule has 150 valence electrons. The normalized spacial score (nSPS) is 14.4. The average Bonchev–Trinajstić information content (AvgIpc) is 3.24. The van der Waals surface area contributed by atoms with Gasteiger partial charge >= 0.3 is 0 Å². The van der Waals surface area contributed by atoms with Crippen LogP contribution in [0, 0.1) is 0 Å². The Bertz CT molecular complexity index is 1230. The molecule has 0 unspecified atom stereocenters. The van der Waals surface area contributed by atoms with Crippen LogP contribution in [-0.2, 0) is 14.4 Å². The lowest BCUT2D eigenvalue weighted by molar-refractivity contribution is -0.123. The summed E-state index contributed by atoms with van der Waals surface area (Å²) < 4.78 is 0. The molecule has 3 aromatic rings. The maximum atomic E-state index is 12.1. The Morgan fingerprint density at radius 3 is 2.63 bits per heavy atom. The molecule has 0 bridgehead atoms. The summed E-state index contributed by atoms with van der Waals surface area (Å²) in [6, 6.07) is 14.2. The van der Waals surface area contributed by atoms with E-state index in [0.717, 1.165) is 0 Å². The predicted octanol–water partition coefficient (Wildman–Crippen LogP) is 3.27. The maximum Gasteiger partial charge on any atom is 0.274 e. The summed E-state index contributed by atoms with van der Waals surface area (Å²) in [6.07, 6.45) is -0.211. The third-order valence-corrected chi connectivity index (χ3v) is 4.60. The van der Waals surface area contributed by atoms with Gasteiger partial charge in [0.1, 0.15) is 5.71 Å². The molecular formula is C21H17N5O4. The molecule has 9 nitrogen and oxygen atoms in total. The van der Waals surface area contributed by atoms with Gasteiger partial charge in [0, 0.05) is 23.8 Å². The molecule has 30 heavy (non-hydrogen) atoms. The molecule has 0 atom stereocenters. The molecule has 9 heteroatoms. The fraction of sp³-hybridized carbons (Fsp3) is 0.143. The SMILES string of the molecule is O=C(CCC(=O)N=Nc1c(O)[nH]c2ccccc12)CN=C1C(=O)Nc2ccccc21. The first-order chi connectivity index (χ1) is 14.5. The molecule has 2 heterocycles. The topological polar surface area (TPSA) is 136 Å². The Morgan fingerprint density at radius 1 is 1.00 bits per heavy atom. The van der Waals surface area contributed by atoms with E-state index in [1.54, 1.807) is 48.5 Å². The minimum atomic E-state index is -0.593. The van der Waals surface area contributed by atoms with Crippen LogP contribution in [0.1, 0.15) is 18.4 Å². The summed E-state index contributed by atoms with van der Waals surface area (Å²) in [5.74, 6) is -1.43. The lowest BCUT2D eigenvalue weighted by Crippen LogP contribution is -2.16. The number of hydrogen-bond donors (Lipinski definition) is 3. The van der Waals surface area contributed by atoms with Gasteiger partial charge in [-0.05, 0) is 12.1 Å². The molecule has 3 N–H and O–H groups in total. The standard InChI is InChI=1S/C21H17N5O4/c27-12(11-22-18-13-5-1-3-7-15(13)23-20(18)29)9-10-17(28)25-26-19-14-6-2-4-8-16(14)24-21(19)30/h1-8,24,30H,9-11H2,(H,22,23,29). The number of Topliss-reactive ketones (excluding diaryl/α,β-unsaturated/α-hetero) is 1. The van der Waals surface area contributed by atoms with Crippen LogP contribution in [0.3, 0.4) is 0 Å². The number of para-hydroxylation sites is 2. The summed E-state index contributed by atoms with van der Waals surface area (Å²) in [6.45, 7) is -0.204. The summed E-state index contributed by atoms with van der Waals surface area (Å²) in [5.41, 5.74) is 2.36. The van der Waals surface area contributed by atoms with Crippen molar-refractivity contribution < 1.29 is 19.5 Å². The number of carbonyl (C=O) groups excluding carboxylic acids is 3. The molecule has 0 saturated heterocycles. The maximum absolute atomic E-state index is 12.1. The van der Waals surface area contributed by atoms with E-state index in [1.807, 2.05) is 0 Å². The van der Waals surface area contributed by atoms with Gasteiger partial charge in [-0.25, -0.2) is 0 Å². The fourth-order valence-corrected chi connectivity index (χ4v) is 3.12. The number of azo groups is 1. The van der Waals surface area contributed by atoms with Crippen molar-refractivity contribution in [3.05, 3.63) is 54.1 Å².